The zero-order valence-electron chi connectivity index (χ0n) is 10.7. The number of Topliss-reactive ketones (excluding diaryl/α,β-unsaturated/α-hetero) is 1. The van der Waals surface area contributed by atoms with Crippen LogP contribution < -0.4 is 0 Å². The standard InChI is InChI=1S/C12H26OSi/c1-11(13)9-7-8-10-14(5,6)12(2,3)4/h7-10H2,1-6H3. The van der Waals surface area contributed by atoms with Crippen LogP contribution in [-0.2, 0) is 4.79 Å². The minimum absolute atomic E-state index is 0.334. The van der Waals surface area contributed by atoms with Gasteiger partial charge in [-0.2, -0.15) is 0 Å². The van der Waals surface area contributed by atoms with E-state index in [1.54, 1.807) is 6.92 Å². The number of hydrogen-bond donors (Lipinski definition) is 0. The fourth-order valence-electron chi connectivity index (χ4n) is 1.32. The van der Waals surface area contributed by atoms with Crippen LogP contribution in [0.5, 0.6) is 0 Å². The Kier molecular flexibility index (Phi) is 5.06. The van der Waals surface area contributed by atoms with E-state index in [4.69, 9.17) is 0 Å². The third-order valence-electron chi connectivity index (χ3n) is 3.61. The average molecular weight is 214 g/mol. The molecule has 0 N–H and O–H groups in total. The van der Waals surface area contributed by atoms with E-state index in [9.17, 15) is 4.79 Å². The van der Waals surface area contributed by atoms with E-state index in [1.807, 2.05) is 0 Å². The molecule has 0 aliphatic rings. The van der Waals surface area contributed by atoms with Gasteiger partial charge in [-0.25, -0.2) is 0 Å². The quantitative estimate of drug-likeness (QED) is 0.494. The largest absolute Gasteiger partial charge is 0.300 e. The van der Waals surface area contributed by atoms with Crippen molar-refractivity contribution < 1.29 is 4.79 Å². The zero-order valence-corrected chi connectivity index (χ0v) is 11.7. The van der Waals surface area contributed by atoms with E-state index >= 15 is 0 Å². The van der Waals surface area contributed by atoms with Crippen molar-refractivity contribution >= 4 is 13.9 Å². The molecule has 1 nitrogen and oxygen atoms in total. The molecule has 0 atom stereocenters. The summed E-state index contributed by atoms with van der Waals surface area (Å²) >= 11 is 0. The molecule has 0 radical (unpaired) electrons. The number of unbranched alkanes of at least 4 members (excludes halogenated alkanes) is 1. The smallest absolute Gasteiger partial charge is 0.129 e. The van der Waals surface area contributed by atoms with Gasteiger partial charge in [-0.1, -0.05) is 46.3 Å². The van der Waals surface area contributed by atoms with Gasteiger partial charge < -0.3 is 4.79 Å². The second-order valence-corrected chi connectivity index (χ2v) is 11.8. The average Bonchev–Trinajstić information content (AvgIpc) is 1.95. The van der Waals surface area contributed by atoms with E-state index < -0.39 is 8.07 Å². The van der Waals surface area contributed by atoms with Crippen molar-refractivity contribution in [2.45, 2.75) is 71.1 Å². The predicted molar refractivity (Wildman–Crippen MR) is 66.5 cm³/mol. The summed E-state index contributed by atoms with van der Waals surface area (Å²) in [4.78, 5) is 10.8. The zero-order chi connectivity index (χ0) is 11.4. The van der Waals surface area contributed by atoms with Gasteiger partial charge in [-0.15, -0.1) is 0 Å². The molecular formula is C12H26OSi. The van der Waals surface area contributed by atoms with Crippen molar-refractivity contribution in [2.24, 2.45) is 0 Å². The monoisotopic (exact) mass is 214 g/mol. The summed E-state index contributed by atoms with van der Waals surface area (Å²) in [6.45, 7) is 13.7. The molecule has 0 aromatic rings. The third-order valence-corrected chi connectivity index (χ3v) is 9.28. The van der Waals surface area contributed by atoms with Crippen LogP contribution in [-0.4, -0.2) is 13.9 Å². The Hall–Kier alpha value is -0.113. The normalized spacial score (nSPS) is 13.0. The van der Waals surface area contributed by atoms with E-state index in [0.29, 0.717) is 10.8 Å². The summed E-state index contributed by atoms with van der Waals surface area (Å²) in [5.74, 6) is 0.334. The number of rotatable bonds is 5. The molecule has 0 bridgehead atoms. The first kappa shape index (κ1) is 13.9. The fraction of sp³-hybridized carbons (Fsp3) is 0.917. The summed E-state index contributed by atoms with van der Waals surface area (Å²) in [5, 5.41) is 0.489. The molecule has 0 fully saturated rings. The molecular weight excluding hydrogens is 188 g/mol. The molecule has 0 saturated heterocycles. The lowest BCUT2D eigenvalue weighted by Crippen LogP contribution is -2.36. The Morgan fingerprint density at radius 3 is 2.00 bits per heavy atom. The third kappa shape index (κ3) is 4.94. The van der Waals surface area contributed by atoms with Crippen LogP contribution in [0.4, 0.5) is 0 Å². The van der Waals surface area contributed by atoms with Gasteiger partial charge in [-0.3, -0.25) is 0 Å². The second-order valence-electron chi connectivity index (χ2n) is 6.04. The highest BCUT2D eigenvalue weighted by molar-refractivity contribution is 6.80. The van der Waals surface area contributed by atoms with Crippen LogP contribution >= 0.6 is 0 Å². The van der Waals surface area contributed by atoms with Crippen LogP contribution in [0.1, 0.15) is 47.0 Å². The minimum Gasteiger partial charge on any atom is -0.300 e. The maximum absolute atomic E-state index is 10.8. The summed E-state index contributed by atoms with van der Waals surface area (Å²) in [6, 6.07) is 1.35. The highest BCUT2D eigenvalue weighted by Crippen LogP contribution is 2.39. The van der Waals surface area contributed by atoms with Gasteiger partial charge in [0.1, 0.15) is 5.78 Å². The molecule has 0 amide bonds. The molecule has 2 heteroatoms. The highest BCUT2D eigenvalue weighted by atomic mass is 28.3. The summed E-state index contributed by atoms with van der Waals surface area (Å²) in [7, 11) is -1.09. The highest BCUT2D eigenvalue weighted by Gasteiger charge is 2.33. The molecule has 0 heterocycles. The van der Waals surface area contributed by atoms with Crippen molar-refractivity contribution in [1.29, 1.82) is 0 Å². The van der Waals surface area contributed by atoms with Gasteiger partial charge in [0.25, 0.3) is 0 Å². The van der Waals surface area contributed by atoms with Crippen LogP contribution in [0.15, 0.2) is 0 Å². The van der Waals surface area contributed by atoms with Gasteiger partial charge in [0, 0.05) is 6.42 Å². The molecule has 0 rings (SSSR count). The van der Waals surface area contributed by atoms with Gasteiger partial charge >= 0.3 is 0 Å². The van der Waals surface area contributed by atoms with Crippen LogP contribution in [0, 0.1) is 0 Å². The molecule has 0 unspecified atom stereocenters. The van der Waals surface area contributed by atoms with Gasteiger partial charge in [0.2, 0.25) is 0 Å². The van der Waals surface area contributed by atoms with Gasteiger partial charge in [0.15, 0.2) is 0 Å². The Balaban J connectivity index is 3.83. The second kappa shape index (κ2) is 5.10. The Morgan fingerprint density at radius 2 is 1.64 bits per heavy atom. The first-order chi connectivity index (χ1) is 6.17. The van der Waals surface area contributed by atoms with Crippen molar-refractivity contribution in [3.05, 3.63) is 0 Å². The Morgan fingerprint density at radius 1 is 1.14 bits per heavy atom. The molecule has 0 aliphatic heterocycles. The predicted octanol–water partition coefficient (Wildman–Crippen LogP) is 4.25. The lowest BCUT2D eigenvalue weighted by atomic mass is 10.2. The van der Waals surface area contributed by atoms with Crippen LogP contribution in [0.25, 0.3) is 0 Å². The summed E-state index contributed by atoms with van der Waals surface area (Å²) in [5.41, 5.74) is 0. The summed E-state index contributed by atoms with van der Waals surface area (Å²) in [6.07, 6.45) is 3.09. The Labute approximate surface area is 90.3 Å². The first-order valence-corrected chi connectivity index (χ1v) is 8.87. The van der Waals surface area contributed by atoms with Crippen molar-refractivity contribution in [3.8, 4) is 0 Å². The number of carbonyl (C=O) groups is 1. The molecule has 0 aromatic carbocycles. The fourth-order valence-corrected chi connectivity index (χ4v) is 3.20. The molecule has 0 aliphatic carbocycles. The van der Waals surface area contributed by atoms with E-state index in [-0.39, 0.29) is 0 Å². The maximum Gasteiger partial charge on any atom is 0.129 e. The number of carbonyl (C=O) groups excluding carboxylic acids is 1. The first-order valence-electron chi connectivity index (χ1n) is 5.66. The molecule has 84 valence electrons. The SMILES string of the molecule is CC(=O)CCCC[Si](C)(C)C(C)(C)C. The molecule has 14 heavy (non-hydrogen) atoms. The lowest BCUT2D eigenvalue weighted by molar-refractivity contribution is -0.117. The van der Waals surface area contributed by atoms with Crippen molar-refractivity contribution in [3.63, 3.8) is 0 Å². The molecule has 0 spiro atoms. The minimum atomic E-state index is -1.09. The topological polar surface area (TPSA) is 17.1 Å². The molecule has 0 aromatic heterocycles. The summed E-state index contributed by atoms with van der Waals surface area (Å²) < 4.78 is 0. The van der Waals surface area contributed by atoms with Crippen molar-refractivity contribution in [2.75, 3.05) is 0 Å². The van der Waals surface area contributed by atoms with E-state index in [2.05, 4.69) is 33.9 Å². The van der Waals surface area contributed by atoms with Crippen molar-refractivity contribution in [1.82, 2.24) is 0 Å². The lowest BCUT2D eigenvalue weighted by Gasteiger charge is -2.37. The van der Waals surface area contributed by atoms with E-state index in [0.717, 1.165) is 12.8 Å². The number of hydrogen-bond acceptors (Lipinski definition) is 1. The maximum atomic E-state index is 10.8. The van der Waals surface area contributed by atoms with Gasteiger partial charge in [-0.05, 0) is 18.4 Å². The van der Waals surface area contributed by atoms with Crippen LogP contribution in [0.2, 0.25) is 24.2 Å². The van der Waals surface area contributed by atoms with Crippen LogP contribution in [0.3, 0.4) is 0 Å². The Bertz CT molecular complexity index is 189. The number of ketones is 1. The molecule has 0 saturated carbocycles. The van der Waals surface area contributed by atoms with E-state index in [1.165, 1.54) is 12.5 Å². The van der Waals surface area contributed by atoms with Gasteiger partial charge in [0.05, 0.1) is 8.07 Å².